The normalized spacial score (nSPS) is 16.9. The zero-order valence-electron chi connectivity index (χ0n) is 34.9. The summed E-state index contributed by atoms with van der Waals surface area (Å²) < 4.78 is 0. The van der Waals surface area contributed by atoms with Crippen molar-refractivity contribution in [2.75, 3.05) is 0 Å². The molecule has 64 heavy (non-hydrogen) atoms. The summed E-state index contributed by atoms with van der Waals surface area (Å²) in [7, 11) is 0. The lowest BCUT2D eigenvalue weighted by molar-refractivity contribution is 0.406. The van der Waals surface area contributed by atoms with Gasteiger partial charge in [-0.15, -0.1) is 0 Å². The van der Waals surface area contributed by atoms with Gasteiger partial charge in [0.25, 0.3) is 0 Å². The molecule has 4 atom stereocenters. The molecule has 1 aliphatic rings. The molecule has 1 aliphatic carbocycles. The molecule has 0 aromatic heterocycles. The van der Waals surface area contributed by atoms with Crippen LogP contribution in [-0.2, 0) is 25.7 Å². The summed E-state index contributed by atoms with van der Waals surface area (Å²) >= 11 is 0. The number of benzene rings is 8. The van der Waals surface area contributed by atoms with E-state index in [1.54, 1.807) is 24.3 Å². The van der Waals surface area contributed by atoms with Gasteiger partial charge >= 0.3 is 0 Å². The van der Waals surface area contributed by atoms with Crippen LogP contribution in [0, 0.1) is 0 Å². The van der Waals surface area contributed by atoms with Gasteiger partial charge in [0.1, 0.15) is 46.0 Å². The minimum Gasteiger partial charge on any atom is -0.508 e. The molecule has 320 valence electrons. The van der Waals surface area contributed by atoms with Crippen molar-refractivity contribution >= 4 is 0 Å². The number of hydrogen-bond acceptors (Lipinski definition) is 8. The Bertz CT molecular complexity index is 2530. The maximum absolute atomic E-state index is 12.8. The van der Waals surface area contributed by atoms with E-state index in [4.69, 9.17) is 0 Å². The molecule has 4 unspecified atom stereocenters. The lowest BCUT2D eigenvalue weighted by atomic mass is 9.75. The van der Waals surface area contributed by atoms with Crippen molar-refractivity contribution in [2.45, 2.75) is 49.4 Å². The van der Waals surface area contributed by atoms with Crippen LogP contribution in [-0.4, -0.2) is 40.9 Å². The third-order valence-electron chi connectivity index (χ3n) is 12.9. The SMILES string of the molecule is Oc1ccc2c(O)c1C(Cc1ccccc1)c1ccc(O)c(c1O)C(Cc1ccccc1)c1ccc(O)c(c1O)C(Cc1ccccc1)c1ccc(O)c(c1O)C2Cc1ccccc1. The van der Waals surface area contributed by atoms with Crippen LogP contribution >= 0.6 is 0 Å². The second-order valence-corrected chi connectivity index (χ2v) is 16.7. The van der Waals surface area contributed by atoms with Crippen LogP contribution < -0.4 is 0 Å². The van der Waals surface area contributed by atoms with Gasteiger partial charge in [0, 0.05) is 68.2 Å². The average molecular weight is 849 g/mol. The Morgan fingerprint density at radius 2 is 0.422 bits per heavy atom. The van der Waals surface area contributed by atoms with Crippen molar-refractivity contribution in [3.05, 3.63) is 237 Å². The van der Waals surface area contributed by atoms with Gasteiger partial charge in [-0.2, -0.15) is 0 Å². The third-order valence-corrected chi connectivity index (χ3v) is 12.9. The molecular formula is C56H48O8. The van der Waals surface area contributed by atoms with Gasteiger partial charge in [-0.1, -0.05) is 146 Å². The summed E-state index contributed by atoms with van der Waals surface area (Å²) in [4.78, 5) is 0. The van der Waals surface area contributed by atoms with E-state index >= 15 is 0 Å². The van der Waals surface area contributed by atoms with Crippen LogP contribution in [0.15, 0.2) is 170 Å². The molecule has 0 radical (unpaired) electrons. The van der Waals surface area contributed by atoms with Crippen molar-refractivity contribution in [3.63, 3.8) is 0 Å². The first-order chi connectivity index (χ1) is 31.1. The molecular weight excluding hydrogens is 801 g/mol. The molecule has 0 saturated carbocycles. The Labute approximate surface area is 371 Å². The first-order valence-electron chi connectivity index (χ1n) is 21.4. The minimum absolute atomic E-state index is 0.102. The molecule has 8 bridgehead atoms. The molecule has 8 aromatic rings. The van der Waals surface area contributed by atoms with Crippen LogP contribution in [0.25, 0.3) is 0 Å². The summed E-state index contributed by atoms with van der Waals surface area (Å²) in [5, 5.41) is 98.8. The first-order valence-corrected chi connectivity index (χ1v) is 21.4. The molecule has 9 rings (SSSR count). The van der Waals surface area contributed by atoms with Crippen LogP contribution in [0.3, 0.4) is 0 Å². The van der Waals surface area contributed by atoms with Gasteiger partial charge in [-0.3, -0.25) is 0 Å². The van der Waals surface area contributed by atoms with Gasteiger partial charge < -0.3 is 40.9 Å². The zero-order chi connectivity index (χ0) is 44.5. The summed E-state index contributed by atoms with van der Waals surface area (Å²) in [5.41, 5.74) is 4.88. The fourth-order valence-corrected chi connectivity index (χ4v) is 9.83. The lowest BCUT2D eigenvalue weighted by Gasteiger charge is -2.30. The Kier molecular flexibility index (Phi) is 11.3. The van der Waals surface area contributed by atoms with Crippen LogP contribution in [0.4, 0.5) is 0 Å². The van der Waals surface area contributed by atoms with Crippen LogP contribution in [0.1, 0.15) is 90.4 Å². The van der Waals surface area contributed by atoms with Gasteiger partial charge in [0.2, 0.25) is 0 Å². The Morgan fingerprint density at radius 1 is 0.234 bits per heavy atom. The van der Waals surface area contributed by atoms with Crippen molar-refractivity contribution < 1.29 is 40.9 Å². The molecule has 0 saturated heterocycles. The highest BCUT2D eigenvalue weighted by Crippen LogP contribution is 2.55. The highest BCUT2D eigenvalue weighted by atomic mass is 16.3. The van der Waals surface area contributed by atoms with Gasteiger partial charge in [-0.25, -0.2) is 0 Å². The molecule has 0 heterocycles. The topological polar surface area (TPSA) is 162 Å². The predicted molar refractivity (Wildman–Crippen MR) is 247 cm³/mol. The van der Waals surface area contributed by atoms with E-state index in [1.807, 2.05) is 121 Å². The van der Waals surface area contributed by atoms with Crippen molar-refractivity contribution in [1.82, 2.24) is 0 Å². The molecule has 8 N–H and O–H groups in total. The van der Waals surface area contributed by atoms with E-state index in [9.17, 15) is 40.9 Å². The molecule has 0 amide bonds. The van der Waals surface area contributed by atoms with E-state index in [1.165, 1.54) is 24.3 Å². The van der Waals surface area contributed by atoms with Crippen molar-refractivity contribution in [1.29, 1.82) is 0 Å². The fourth-order valence-electron chi connectivity index (χ4n) is 9.83. The third kappa shape index (κ3) is 7.79. The molecule has 0 aliphatic heterocycles. The second-order valence-electron chi connectivity index (χ2n) is 16.7. The largest absolute Gasteiger partial charge is 0.508 e. The maximum atomic E-state index is 12.8. The number of phenolic OH excluding ortho intramolecular Hbond substituents is 8. The smallest absolute Gasteiger partial charge is 0.126 e. The van der Waals surface area contributed by atoms with Crippen LogP contribution in [0.5, 0.6) is 46.0 Å². The summed E-state index contributed by atoms with van der Waals surface area (Å²) in [6.45, 7) is 0. The monoisotopic (exact) mass is 848 g/mol. The highest BCUT2D eigenvalue weighted by molar-refractivity contribution is 5.67. The van der Waals surface area contributed by atoms with E-state index < -0.39 is 23.7 Å². The summed E-state index contributed by atoms with van der Waals surface area (Å²) in [6, 6.07) is 50.1. The van der Waals surface area contributed by atoms with E-state index in [0.717, 1.165) is 22.3 Å². The average Bonchev–Trinajstić information content (AvgIpc) is 3.29. The Morgan fingerprint density at radius 3 is 0.609 bits per heavy atom. The Balaban J connectivity index is 1.41. The fraction of sp³-hybridized carbons (Fsp3) is 0.143. The highest BCUT2D eigenvalue weighted by Gasteiger charge is 2.37. The van der Waals surface area contributed by atoms with E-state index in [-0.39, 0.29) is 116 Å². The first kappa shape index (κ1) is 41.5. The number of rotatable bonds is 8. The number of phenols is 8. The van der Waals surface area contributed by atoms with Crippen molar-refractivity contribution in [2.24, 2.45) is 0 Å². The Hall–Kier alpha value is -7.84. The zero-order valence-corrected chi connectivity index (χ0v) is 34.9. The number of fused-ring (bicyclic) bond motifs is 8. The van der Waals surface area contributed by atoms with Gasteiger partial charge in [-0.05, 0) is 72.2 Å². The van der Waals surface area contributed by atoms with Gasteiger partial charge in [0.15, 0.2) is 0 Å². The maximum Gasteiger partial charge on any atom is 0.126 e. The standard InChI is InChI=1S/C56H48O8/c57-45-26-22-38-42(30-34-15-7-2-8-16-34)51-47(59)28-24-40(56(51)64)44(32-36-19-11-4-12-20-36)52-48(60)27-23-39(55(52)63)43(31-35-17-9-3-10-18-35)50-46(58)25-21-37(53(50)61)41(49(45)54(38)62)29-33-13-5-1-6-14-33/h1-28,41-44,57-64H,29-32H2. The molecule has 8 nitrogen and oxygen atoms in total. The van der Waals surface area contributed by atoms with E-state index in [2.05, 4.69) is 0 Å². The predicted octanol–water partition coefficient (Wildman–Crippen LogP) is 11.1. The molecule has 8 aromatic carbocycles. The minimum atomic E-state index is -0.919. The number of hydrogen-bond donors (Lipinski definition) is 8. The molecule has 0 fully saturated rings. The molecule has 0 spiro atoms. The second kappa shape index (κ2) is 17.5. The van der Waals surface area contributed by atoms with Crippen molar-refractivity contribution in [3.8, 4) is 46.0 Å². The van der Waals surface area contributed by atoms with Gasteiger partial charge in [0.05, 0.1) is 0 Å². The number of aromatic hydroxyl groups is 8. The quantitative estimate of drug-likeness (QED) is 0.0749. The summed E-state index contributed by atoms with van der Waals surface area (Å²) in [5.74, 6) is -5.86. The van der Waals surface area contributed by atoms with Crippen LogP contribution in [0.2, 0.25) is 0 Å². The molecule has 8 heteroatoms. The lowest BCUT2D eigenvalue weighted by Crippen LogP contribution is -2.15. The summed E-state index contributed by atoms with van der Waals surface area (Å²) in [6.07, 6.45) is 0.768. The van der Waals surface area contributed by atoms with E-state index in [0.29, 0.717) is 0 Å².